The number of aromatic amines is 1. The minimum atomic E-state index is 0.0971. The number of nitriles is 1. The Hall–Kier alpha value is -2.95. The number of thiophene rings is 1. The van der Waals surface area contributed by atoms with Gasteiger partial charge in [0, 0.05) is 5.56 Å². The monoisotopic (exact) mass is 382 g/mol. The SMILES string of the molecule is C=C(Cl)c1[nH]ncc1/C=C(\C)c1nc(C#N)c(N)nc1-c1sccc1C. The lowest BCUT2D eigenvalue weighted by atomic mass is 10.1. The Morgan fingerprint density at radius 3 is 2.85 bits per heavy atom. The summed E-state index contributed by atoms with van der Waals surface area (Å²) in [6.07, 6.45) is 3.53. The van der Waals surface area contributed by atoms with Crippen molar-refractivity contribution in [1.29, 1.82) is 5.26 Å². The second-order valence-corrected chi connectivity index (χ2v) is 7.00. The molecule has 0 fully saturated rings. The van der Waals surface area contributed by atoms with E-state index in [0.717, 1.165) is 21.6 Å². The summed E-state index contributed by atoms with van der Waals surface area (Å²) in [5.41, 5.74) is 10.5. The van der Waals surface area contributed by atoms with Crippen LogP contribution in [0.4, 0.5) is 5.82 Å². The average molecular weight is 383 g/mol. The van der Waals surface area contributed by atoms with Crippen LogP contribution >= 0.6 is 22.9 Å². The van der Waals surface area contributed by atoms with Crippen LogP contribution in [0.2, 0.25) is 0 Å². The highest BCUT2D eigenvalue weighted by Gasteiger charge is 2.18. The Kier molecular flexibility index (Phi) is 4.89. The molecule has 0 atom stereocenters. The van der Waals surface area contributed by atoms with Gasteiger partial charge in [0.15, 0.2) is 11.5 Å². The van der Waals surface area contributed by atoms with Crippen LogP contribution in [0, 0.1) is 18.3 Å². The van der Waals surface area contributed by atoms with Gasteiger partial charge in [-0.05, 0) is 42.5 Å². The first-order valence-corrected chi connectivity index (χ1v) is 8.87. The fourth-order valence-corrected chi connectivity index (χ4v) is 3.57. The van der Waals surface area contributed by atoms with E-state index in [1.807, 2.05) is 37.4 Å². The molecule has 130 valence electrons. The highest BCUT2D eigenvalue weighted by molar-refractivity contribution is 7.13. The molecule has 0 saturated carbocycles. The maximum Gasteiger partial charge on any atom is 0.183 e. The van der Waals surface area contributed by atoms with Crippen molar-refractivity contribution >= 4 is 45.4 Å². The van der Waals surface area contributed by atoms with Crippen molar-refractivity contribution in [3.8, 4) is 16.6 Å². The zero-order valence-electron chi connectivity index (χ0n) is 14.2. The van der Waals surface area contributed by atoms with Gasteiger partial charge >= 0.3 is 0 Å². The topological polar surface area (TPSA) is 104 Å². The first-order valence-electron chi connectivity index (χ1n) is 7.61. The Morgan fingerprint density at radius 2 is 2.23 bits per heavy atom. The van der Waals surface area contributed by atoms with Gasteiger partial charge in [0.1, 0.15) is 11.8 Å². The van der Waals surface area contributed by atoms with Crippen LogP contribution in [0.5, 0.6) is 0 Å². The van der Waals surface area contributed by atoms with E-state index in [4.69, 9.17) is 17.3 Å². The number of rotatable bonds is 4. The van der Waals surface area contributed by atoms with E-state index in [2.05, 4.69) is 26.7 Å². The maximum absolute atomic E-state index is 9.28. The third-order valence-corrected chi connectivity index (χ3v) is 5.00. The fraction of sp³-hybridized carbons (Fsp3) is 0.111. The normalized spacial score (nSPS) is 11.4. The molecule has 3 aromatic rings. The Bertz CT molecular complexity index is 1070. The molecule has 3 rings (SSSR count). The Labute approximate surface area is 159 Å². The Morgan fingerprint density at radius 1 is 1.46 bits per heavy atom. The van der Waals surface area contributed by atoms with E-state index in [1.165, 1.54) is 0 Å². The van der Waals surface area contributed by atoms with Crippen molar-refractivity contribution in [2.75, 3.05) is 5.73 Å². The lowest BCUT2D eigenvalue weighted by Gasteiger charge is -2.10. The van der Waals surface area contributed by atoms with Gasteiger partial charge in [-0.1, -0.05) is 18.2 Å². The number of aryl methyl sites for hydroxylation is 1. The van der Waals surface area contributed by atoms with Gasteiger partial charge < -0.3 is 5.73 Å². The first-order chi connectivity index (χ1) is 12.4. The minimum Gasteiger partial charge on any atom is -0.381 e. The second-order valence-electron chi connectivity index (χ2n) is 5.63. The van der Waals surface area contributed by atoms with Crippen LogP contribution in [-0.4, -0.2) is 20.2 Å². The summed E-state index contributed by atoms with van der Waals surface area (Å²) in [5.74, 6) is 0.116. The molecule has 0 amide bonds. The van der Waals surface area contributed by atoms with E-state index >= 15 is 0 Å². The van der Waals surface area contributed by atoms with Crippen molar-refractivity contribution in [1.82, 2.24) is 20.2 Å². The van der Waals surface area contributed by atoms with Crippen molar-refractivity contribution in [2.24, 2.45) is 0 Å². The number of anilines is 1. The molecule has 0 unspecified atom stereocenters. The summed E-state index contributed by atoms with van der Waals surface area (Å²) in [7, 11) is 0. The van der Waals surface area contributed by atoms with Crippen LogP contribution in [0.1, 0.15) is 35.1 Å². The predicted molar refractivity (Wildman–Crippen MR) is 106 cm³/mol. The molecule has 0 aliphatic heterocycles. The summed E-state index contributed by atoms with van der Waals surface area (Å²) < 4.78 is 0. The van der Waals surface area contributed by atoms with Crippen molar-refractivity contribution in [2.45, 2.75) is 13.8 Å². The van der Waals surface area contributed by atoms with Gasteiger partial charge in [-0.3, -0.25) is 5.10 Å². The van der Waals surface area contributed by atoms with E-state index < -0.39 is 0 Å². The van der Waals surface area contributed by atoms with E-state index in [9.17, 15) is 5.26 Å². The summed E-state index contributed by atoms with van der Waals surface area (Å²) >= 11 is 7.55. The number of H-pyrrole nitrogens is 1. The molecule has 3 N–H and O–H groups in total. The van der Waals surface area contributed by atoms with Crippen LogP contribution in [0.25, 0.3) is 27.3 Å². The smallest absolute Gasteiger partial charge is 0.183 e. The molecule has 0 radical (unpaired) electrons. The number of hydrogen-bond donors (Lipinski definition) is 2. The van der Waals surface area contributed by atoms with Gasteiger partial charge in [-0.2, -0.15) is 10.4 Å². The predicted octanol–water partition coefficient (Wildman–Crippen LogP) is 4.46. The van der Waals surface area contributed by atoms with Crippen LogP contribution < -0.4 is 5.73 Å². The molecule has 0 saturated heterocycles. The number of nitrogens with zero attached hydrogens (tertiary/aromatic N) is 4. The molecule has 26 heavy (non-hydrogen) atoms. The number of halogens is 1. The highest BCUT2D eigenvalue weighted by atomic mass is 35.5. The number of allylic oxidation sites excluding steroid dienone is 1. The third kappa shape index (κ3) is 3.25. The van der Waals surface area contributed by atoms with Crippen LogP contribution in [-0.2, 0) is 0 Å². The third-order valence-electron chi connectivity index (χ3n) is 3.79. The van der Waals surface area contributed by atoms with Crippen LogP contribution in [0.3, 0.4) is 0 Å². The van der Waals surface area contributed by atoms with E-state index in [0.29, 0.717) is 22.1 Å². The molecule has 3 aromatic heterocycles. The molecular weight excluding hydrogens is 368 g/mol. The number of aromatic nitrogens is 4. The molecule has 6 nitrogen and oxygen atoms in total. The number of nitrogen functional groups attached to an aromatic ring is 1. The van der Waals surface area contributed by atoms with Crippen LogP contribution in [0.15, 0.2) is 24.2 Å². The van der Waals surface area contributed by atoms with Gasteiger partial charge in [0.05, 0.1) is 27.5 Å². The molecule has 3 heterocycles. The lowest BCUT2D eigenvalue weighted by Crippen LogP contribution is -2.04. The van der Waals surface area contributed by atoms with Gasteiger partial charge in [-0.25, -0.2) is 9.97 Å². The molecular formula is C18H15ClN6S. The zero-order chi connectivity index (χ0) is 18.8. The van der Waals surface area contributed by atoms with Gasteiger partial charge in [0.2, 0.25) is 0 Å². The summed E-state index contributed by atoms with van der Waals surface area (Å²) in [6.45, 7) is 7.61. The highest BCUT2D eigenvalue weighted by Crippen LogP contribution is 2.34. The zero-order valence-corrected chi connectivity index (χ0v) is 15.7. The fourth-order valence-electron chi connectivity index (χ4n) is 2.50. The molecule has 0 aliphatic rings. The molecule has 8 heteroatoms. The number of nitrogens with one attached hydrogen (secondary N) is 1. The largest absolute Gasteiger partial charge is 0.381 e. The van der Waals surface area contributed by atoms with Crippen molar-refractivity contribution in [3.63, 3.8) is 0 Å². The average Bonchev–Trinajstić information content (AvgIpc) is 3.23. The molecule has 0 aliphatic carbocycles. The molecule has 0 bridgehead atoms. The van der Waals surface area contributed by atoms with Crippen molar-refractivity contribution in [3.05, 3.63) is 52.4 Å². The number of nitrogens with two attached hydrogens (primary N) is 1. The van der Waals surface area contributed by atoms with Gasteiger partial charge in [-0.15, -0.1) is 11.3 Å². The van der Waals surface area contributed by atoms with E-state index in [1.54, 1.807) is 17.5 Å². The van der Waals surface area contributed by atoms with E-state index in [-0.39, 0.29) is 11.5 Å². The lowest BCUT2D eigenvalue weighted by molar-refractivity contribution is 1.08. The first kappa shape index (κ1) is 17.9. The van der Waals surface area contributed by atoms with Crippen molar-refractivity contribution < 1.29 is 0 Å². The Balaban J connectivity index is 2.21. The summed E-state index contributed by atoms with van der Waals surface area (Å²) in [5, 5.41) is 18.4. The quantitative estimate of drug-likeness (QED) is 0.693. The molecule has 0 spiro atoms. The molecule has 0 aromatic carbocycles. The minimum absolute atomic E-state index is 0.0971. The standard InChI is InChI=1S/C18H15ClN6S/c1-9-4-5-26-17(9)16-14(23-13(7-20)18(21)24-16)10(2)6-12-8-22-25-15(12)11(3)19/h4-6,8H,3H2,1-2H3,(H2,21,24)(H,22,25)/b10-6+. The second kappa shape index (κ2) is 7.12. The van der Waals surface area contributed by atoms with Gasteiger partial charge in [0.25, 0.3) is 0 Å². The summed E-state index contributed by atoms with van der Waals surface area (Å²) in [4.78, 5) is 9.86. The summed E-state index contributed by atoms with van der Waals surface area (Å²) in [6, 6.07) is 3.99. The maximum atomic E-state index is 9.28. The number of hydrogen-bond acceptors (Lipinski definition) is 6.